The van der Waals surface area contributed by atoms with E-state index in [0.717, 1.165) is 54.9 Å². The van der Waals surface area contributed by atoms with Crippen molar-refractivity contribution in [3.8, 4) is 22.5 Å². The highest BCUT2D eigenvalue weighted by Gasteiger charge is 2.37. The summed E-state index contributed by atoms with van der Waals surface area (Å²) in [6.45, 7) is 11.1. The minimum absolute atomic E-state index is 0.143. The van der Waals surface area contributed by atoms with Crippen molar-refractivity contribution in [2.45, 2.75) is 45.4 Å². The maximum Gasteiger partial charge on any atom is 0.0645 e. The van der Waals surface area contributed by atoms with Crippen molar-refractivity contribution in [1.29, 1.82) is 0 Å². The summed E-state index contributed by atoms with van der Waals surface area (Å²) < 4.78 is 67.4. The maximum atomic E-state index is 9.68. The molecule has 3 nitrogen and oxygen atoms in total. The Balaban J connectivity index is 1.38. The average molecular weight is 677 g/mol. The number of nitrogens with zero attached hydrogens (tertiary/aromatic N) is 2. The number of para-hydroxylation sites is 2. The molecule has 250 valence electrons. The lowest BCUT2D eigenvalue weighted by Crippen LogP contribution is -2.14. The summed E-state index contributed by atoms with van der Waals surface area (Å²) in [6, 6.07) is 32.3. The van der Waals surface area contributed by atoms with Crippen molar-refractivity contribution in [3.63, 3.8) is 0 Å². The zero-order valence-corrected chi connectivity index (χ0v) is 29.6. The van der Waals surface area contributed by atoms with Crippen LogP contribution in [0.4, 0.5) is 0 Å². The van der Waals surface area contributed by atoms with Gasteiger partial charge in [-0.15, -0.1) is 0 Å². The second kappa shape index (κ2) is 10.0. The molecule has 0 bridgehead atoms. The van der Waals surface area contributed by atoms with Gasteiger partial charge in [0.2, 0.25) is 0 Å². The highest BCUT2D eigenvalue weighted by molar-refractivity contribution is 6.27. The molecular formula is C49H39N3. The fourth-order valence-corrected chi connectivity index (χ4v) is 9.06. The first-order valence-corrected chi connectivity index (χ1v) is 17.9. The molecule has 0 spiro atoms. The lowest BCUT2D eigenvalue weighted by Gasteiger charge is -2.21. The van der Waals surface area contributed by atoms with E-state index < -0.39 is 6.04 Å². The monoisotopic (exact) mass is 676 g/mol. The molecule has 0 atom stereocenters. The van der Waals surface area contributed by atoms with Crippen LogP contribution in [0, 0.1) is 0 Å². The van der Waals surface area contributed by atoms with E-state index in [1.807, 2.05) is 10.6 Å². The van der Waals surface area contributed by atoms with Gasteiger partial charge in [-0.25, -0.2) is 0 Å². The van der Waals surface area contributed by atoms with E-state index >= 15 is 0 Å². The molecule has 11 rings (SSSR count). The molecule has 0 saturated carbocycles. The molecule has 0 saturated heterocycles. The SMILES string of the molecule is [2H]c1c([2H])c([2H])c2c([nH]c3c([2H])c([2H])c([2H])c(-n4c5ccc(C(C)(C)C)cc5c5ccc6c(c7ccccc7n6-c6cccc7c6-c6ccccc6C7(C)C)c54)c32)c1[2H]. The summed E-state index contributed by atoms with van der Waals surface area (Å²) in [4.78, 5) is 3.13. The van der Waals surface area contributed by atoms with Crippen LogP contribution in [0.1, 0.15) is 60.9 Å². The zero-order valence-electron chi connectivity index (χ0n) is 36.6. The van der Waals surface area contributed by atoms with Gasteiger partial charge in [0.1, 0.15) is 0 Å². The number of hydrogen-bond acceptors (Lipinski definition) is 0. The first kappa shape index (κ1) is 23.4. The Hall–Kier alpha value is -6.06. The van der Waals surface area contributed by atoms with E-state index in [-0.39, 0.29) is 63.5 Å². The van der Waals surface area contributed by atoms with Crippen LogP contribution in [0.2, 0.25) is 0 Å². The number of rotatable bonds is 2. The highest BCUT2D eigenvalue weighted by Crippen LogP contribution is 2.52. The lowest BCUT2D eigenvalue weighted by molar-refractivity contribution is 0.591. The Morgan fingerprint density at radius 1 is 0.577 bits per heavy atom. The molecule has 7 aromatic carbocycles. The molecular weight excluding hydrogens is 631 g/mol. The molecule has 0 aliphatic heterocycles. The number of nitrogens with one attached hydrogen (secondary N) is 1. The van der Waals surface area contributed by atoms with Crippen LogP contribution in [0.25, 0.3) is 87.9 Å². The third-order valence-corrected chi connectivity index (χ3v) is 11.5. The van der Waals surface area contributed by atoms with Crippen molar-refractivity contribution in [3.05, 3.63) is 156 Å². The lowest BCUT2D eigenvalue weighted by atomic mass is 9.82. The summed E-state index contributed by atoms with van der Waals surface area (Å²) in [5.41, 5.74) is 11.0. The quantitative estimate of drug-likeness (QED) is 0.189. The Morgan fingerprint density at radius 3 is 2.21 bits per heavy atom. The van der Waals surface area contributed by atoms with Crippen molar-refractivity contribution < 1.29 is 9.60 Å². The molecule has 3 heterocycles. The van der Waals surface area contributed by atoms with E-state index in [2.05, 4.69) is 135 Å². The molecule has 0 fully saturated rings. The van der Waals surface area contributed by atoms with Crippen LogP contribution in [0.3, 0.4) is 0 Å². The smallest absolute Gasteiger partial charge is 0.0645 e. The van der Waals surface area contributed by atoms with Gasteiger partial charge in [0.25, 0.3) is 0 Å². The zero-order chi connectivity index (χ0) is 41.2. The van der Waals surface area contributed by atoms with Crippen LogP contribution in [0.15, 0.2) is 139 Å². The van der Waals surface area contributed by atoms with E-state index in [1.54, 1.807) is 0 Å². The number of fused-ring (bicyclic) bond motifs is 13. The summed E-state index contributed by atoms with van der Waals surface area (Å²) in [5.74, 6) is 0. The predicted octanol–water partition coefficient (Wildman–Crippen LogP) is 13.1. The van der Waals surface area contributed by atoms with Gasteiger partial charge in [0.15, 0.2) is 0 Å². The topological polar surface area (TPSA) is 25.6 Å². The molecule has 3 heteroatoms. The van der Waals surface area contributed by atoms with Gasteiger partial charge in [0, 0.05) is 54.3 Å². The average Bonchev–Trinajstić information content (AvgIpc) is 3.94. The molecule has 3 aromatic heterocycles. The number of benzene rings is 7. The third kappa shape index (κ3) is 3.75. The van der Waals surface area contributed by atoms with Gasteiger partial charge in [-0.05, 0) is 76.1 Å². The van der Waals surface area contributed by atoms with E-state index in [1.165, 1.54) is 22.3 Å². The van der Waals surface area contributed by atoms with Gasteiger partial charge < -0.3 is 14.1 Å². The minimum Gasteiger partial charge on any atom is -0.354 e. The third-order valence-electron chi connectivity index (χ3n) is 11.5. The van der Waals surface area contributed by atoms with Crippen molar-refractivity contribution in [2.24, 2.45) is 0 Å². The standard InChI is InChI=1S/C49H39N3/c1-48(2,3)29-24-26-40-34(28-29)30-25-27-43-46(47(30)52(40)42-23-13-20-38-45(42)32-15-7-10-19-37(32)50-38)33-16-8-11-21-39(33)51(43)41-22-12-18-36-44(41)31-14-6-9-17-35(31)49(36,4)5/h6-28,50H,1-5H3/i7D,10D,13D,15D,19D,20D,23D. The predicted molar refractivity (Wildman–Crippen MR) is 221 cm³/mol. The Kier molecular flexibility index (Phi) is 4.52. The van der Waals surface area contributed by atoms with E-state index in [0.29, 0.717) is 11.1 Å². The van der Waals surface area contributed by atoms with E-state index in [4.69, 9.17) is 8.22 Å². The molecule has 1 aliphatic rings. The van der Waals surface area contributed by atoms with Crippen LogP contribution in [0.5, 0.6) is 0 Å². The van der Waals surface area contributed by atoms with Crippen LogP contribution >= 0.6 is 0 Å². The number of H-pyrrole nitrogens is 1. The first-order valence-electron chi connectivity index (χ1n) is 21.4. The molecule has 52 heavy (non-hydrogen) atoms. The number of aromatic nitrogens is 3. The number of aromatic amines is 1. The Labute approximate surface area is 312 Å². The molecule has 1 N–H and O–H groups in total. The summed E-state index contributed by atoms with van der Waals surface area (Å²) in [7, 11) is 0. The molecule has 1 aliphatic carbocycles. The molecule has 0 unspecified atom stereocenters. The van der Waals surface area contributed by atoms with Gasteiger partial charge >= 0.3 is 0 Å². The molecule has 0 radical (unpaired) electrons. The summed E-state index contributed by atoms with van der Waals surface area (Å²) in [5, 5.41) is 4.37. The Bertz CT molecular complexity index is 3540. The summed E-state index contributed by atoms with van der Waals surface area (Å²) >= 11 is 0. The first-order chi connectivity index (χ1) is 28.1. The normalized spacial score (nSPS) is 15.9. The van der Waals surface area contributed by atoms with Crippen molar-refractivity contribution in [1.82, 2.24) is 14.1 Å². The fraction of sp³-hybridized carbons (Fsp3) is 0.143. The maximum absolute atomic E-state index is 9.68. The van der Waals surface area contributed by atoms with Crippen molar-refractivity contribution in [2.75, 3.05) is 0 Å². The van der Waals surface area contributed by atoms with Crippen LogP contribution in [-0.4, -0.2) is 14.1 Å². The van der Waals surface area contributed by atoms with E-state index in [9.17, 15) is 1.37 Å². The van der Waals surface area contributed by atoms with Gasteiger partial charge in [0.05, 0.1) is 43.0 Å². The second-order valence-corrected chi connectivity index (χ2v) is 15.7. The molecule has 0 amide bonds. The van der Waals surface area contributed by atoms with Crippen LogP contribution in [-0.2, 0) is 10.8 Å². The Morgan fingerprint density at radius 2 is 1.33 bits per heavy atom. The largest absolute Gasteiger partial charge is 0.354 e. The molecule has 10 aromatic rings. The fourth-order valence-electron chi connectivity index (χ4n) is 9.06. The number of hydrogen-bond donors (Lipinski definition) is 1. The van der Waals surface area contributed by atoms with Gasteiger partial charge in [-0.3, -0.25) is 0 Å². The van der Waals surface area contributed by atoms with Gasteiger partial charge in [-0.2, -0.15) is 0 Å². The van der Waals surface area contributed by atoms with Crippen molar-refractivity contribution >= 4 is 65.4 Å². The minimum atomic E-state index is -0.398. The summed E-state index contributed by atoms with van der Waals surface area (Å²) in [6.07, 6.45) is 0. The highest BCUT2D eigenvalue weighted by atomic mass is 15.0. The van der Waals surface area contributed by atoms with Gasteiger partial charge in [-0.1, -0.05) is 126 Å². The van der Waals surface area contributed by atoms with Crippen LogP contribution < -0.4 is 0 Å². The second-order valence-electron chi connectivity index (χ2n) is 15.7.